The summed E-state index contributed by atoms with van der Waals surface area (Å²) in [6, 6.07) is 21.6. The molecule has 0 fully saturated rings. The van der Waals surface area contributed by atoms with Gasteiger partial charge in [0.1, 0.15) is 0 Å². The quantitative estimate of drug-likeness (QED) is 0.368. The molecule has 0 spiro atoms. The van der Waals surface area contributed by atoms with E-state index >= 15 is 0 Å². The highest BCUT2D eigenvalue weighted by atomic mass is 16.2. The monoisotopic (exact) mass is 409 g/mol. The Morgan fingerprint density at radius 3 is 2.58 bits per heavy atom. The Kier molecular flexibility index (Phi) is 4.38. The lowest BCUT2D eigenvalue weighted by Gasteiger charge is -2.20. The van der Waals surface area contributed by atoms with Gasteiger partial charge >= 0.3 is 0 Å². The van der Waals surface area contributed by atoms with Crippen molar-refractivity contribution in [3.05, 3.63) is 89.7 Å². The maximum atomic E-state index is 13.0. The SMILES string of the molecule is CC(C)(N)c1ccc(N/C(=C2\C(=O)Nc3ccccc32)c2ccc3[nH]cnc3c2)cc1. The summed E-state index contributed by atoms with van der Waals surface area (Å²) >= 11 is 0. The highest BCUT2D eigenvalue weighted by molar-refractivity contribution is 6.37. The number of aromatic amines is 1. The number of anilines is 2. The second-order valence-corrected chi connectivity index (χ2v) is 8.31. The Labute approximate surface area is 180 Å². The van der Waals surface area contributed by atoms with E-state index in [1.165, 1.54) is 0 Å². The number of carbonyl (C=O) groups excluding carboxylic acids is 1. The molecule has 31 heavy (non-hydrogen) atoms. The Hall–Kier alpha value is -3.90. The molecule has 0 aliphatic carbocycles. The first-order valence-corrected chi connectivity index (χ1v) is 10.2. The summed E-state index contributed by atoms with van der Waals surface area (Å²) in [4.78, 5) is 20.5. The van der Waals surface area contributed by atoms with Gasteiger partial charge in [-0.05, 0) is 49.7 Å². The van der Waals surface area contributed by atoms with Crippen molar-refractivity contribution in [2.24, 2.45) is 5.73 Å². The van der Waals surface area contributed by atoms with Crippen LogP contribution in [-0.2, 0) is 10.3 Å². The van der Waals surface area contributed by atoms with E-state index in [0.29, 0.717) is 5.57 Å². The van der Waals surface area contributed by atoms with E-state index in [9.17, 15) is 4.79 Å². The van der Waals surface area contributed by atoms with Crippen molar-refractivity contribution in [1.29, 1.82) is 0 Å². The summed E-state index contributed by atoms with van der Waals surface area (Å²) in [6.45, 7) is 3.95. The van der Waals surface area contributed by atoms with Gasteiger partial charge in [-0.25, -0.2) is 4.98 Å². The predicted octanol–water partition coefficient (Wildman–Crippen LogP) is 4.69. The van der Waals surface area contributed by atoms with Crippen LogP contribution < -0.4 is 16.4 Å². The summed E-state index contributed by atoms with van der Waals surface area (Å²) < 4.78 is 0. The smallest absolute Gasteiger partial charge is 0.258 e. The van der Waals surface area contributed by atoms with Crippen LogP contribution in [0.25, 0.3) is 22.3 Å². The molecule has 0 saturated heterocycles. The molecule has 6 heteroatoms. The maximum Gasteiger partial charge on any atom is 0.258 e. The Bertz CT molecular complexity index is 1330. The van der Waals surface area contributed by atoms with E-state index in [4.69, 9.17) is 5.73 Å². The van der Waals surface area contributed by atoms with Gasteiger partial charge in [0, 0.05) is 28.0 Å². The summed E-state index contributed by atoms with van der Waals surface area (Å²) in [6.07, 6.45) is 1.67. The van der Waals surface area contributed by atoms with Crippen LogP contribution >= 0.6 is 0 Å². The van der Waals surface area contributed by atoms with Crippen LogP contribution in [0.2, 0.25) is 0 Å². The fraction of sp³-hybridized carbons (Fsp3) is 0.120. The van der Waals surface area contributed by atoms with Crippen molar-refractivity contribution < 1.29 is 4.79 Å². The molecule has 0 saturated carbocycles. The van der Waals surface area contributed by atoms with Crippen molar-refractivity contribution >= 4 is 39.6 Å². The molecule has 0 atom stereocenters. The third-order valence-electron chi connectivity index (χ3n) is 5.53. The van der Waals surface area contributed by atoms with Gasteiger partial charge in [0.25, 0.3) is 5.91 Å². The fourth-order valence-electron chi connectivity index (χ4n) is 3.86. The predicted molar refractivity (Wildman–Crippen MR) is 125 cm³/mol. The molecule has 5 N–H and O–H groups in total. The number of rotatable bonds is 4. The summed E-state index contributed by atoms with van der Waals surface area (Å²) in [5, 5.41) is 6.45. The molecule has 2 heterocycles. The lowest BCUT2D eigenvalue weighted by Crippen LogP contribution is -2.28. The second kappa shape index (κ2) is 7.11. The minimum atomic E-state index is -0.422. The van der Waals surface area contributed by atoms with E-state index in [1.54, 1.807) is 6.33 Å². The molecule has 154 valence electrons. The number of nitrogens with zero attached hydrogens (tertiary/aromatic N) is 1. The molecule has 1 aromatic heterocycles. The number of hydrogen-bond acceptors (Lipinski definition) is 4. The number of para-hydroxylation sites is 1. The van der Waals surface area contributed by atoms with Crippen LogP contribution in [0.5, 0.6) is 0 Å². The normalized spacial score (nSPS) is 15.0. The van der Waals surface area contributed by atoms with Crippen molar-refractivity contribution in [2.75, 3.05) is 10.6 Å². The zero-order chi connectivity index (χ0) is 21.6. The number of fused-ring (bicyclic) bond motifs is 2. The maximum absolute atomic E-state index is 13.0. The van der Waals surface area contributed by atoms with E-state index in [0.717, 1.165) is 44.8 Å². The van der Waals surface area contributed by atoms with Gasteiger partial charge in [0.2, 0.25) is 0 Å². The van der Waals surface area contributed by atoms with Gasteiger partial charge in [-0.2, -0.15) is 0 Å². The number of benzene rings is 3. The van der Waals surface area contributed by atoms with Gasteiger partial charge in [0.15, 0.2) is 0 Å². The molecular weight excluding hydrogens is 386 g/mol. The molecule has 4 aromatic rings. The Balaban J connectivity index is 1.66. The number of H-pyrrole nitrogens is 1. The number of hydrogen-bond donors (Lipinski definition) is 4. The average Bonchev–Trinajstić information content (AvgIpc) is 3.34. The van der Waals surface area contributed by atoms with Crippen molar-refractivity contribution in [1.82, 2.24) is 9.97 Å². The number of nitrogens with two attached hydrogens (primary N) is 1. The first-order chi connectivity index (χ1) is 14.9. The molecule has 1 aliphatic heterocycles. The molecule has 0 unspecified atom stereocenters. The number of amides is 1. The van der Waals surface area contributed by atoms with Gasteiger partial charge in [-0.15, -0.1) is 0 Å². The van der Waals surface area contributed by atoms with Crippen molar-refractivity contribution in [2.45, 2.75) is 19.4 Å². The van der Waals surface area contributed by atoms with E-state index in [-0.39, 0.29) is 5.91 Å². The molecule has 0 bridgehead atoms. The summed E-state index contributed by atoms with van der Waals surface area (Å²) in [5.74, 6) is -0.134. The zero-order valence-corrected chi connectivity index (χ0v) is 17.4. The summed E-state index contributed by atoms with van der Waals surface area (Å²) in [7, 11) is 0. The topological polar surface area (TPSA) is 95.8 Å². The lowest BCUT2D eigenvalue weighted by atomic mass is 9.95. The average molecular weight is 409 g/mol. The summed E-state index contributed by atoms with van der Waals surface area (Å²) in [5.41, 5.74) is 13.4. The third kappa shape index (κ3) is 3.47. The van der Waals surface area contributed by atoms with Gasteiger partial charge < -0.3 is 21.4 Å². The van der Waals surface area contributed by atoms with Crippen LogP contribution in [0.3, 0.4) is 0 Å². The number of imidazole rings is 1. The number of aromatic nitrogens is 2. The van der Waals surface area contributed by atoms with Crippen LogP contribution in [0.4, 0.5) is 11.4 Å². The molecular formula is C25H23N5O. The molecule has 1 amide bonds. The van der Waals surface area contributed by atoms with E-state index in [2.05, 4.69) is 20.6 Å². The van der Waals surface area contributed by atoms with E-state index in [1.807, 2.05) is 80.6 Å². The number of nitrogens with one attached hydrogen (secondary N) is 3. The molecule has 6 nitrogen and oxygen atoms in total. The lowest BCUT2D eigenvalue weighted by molar-refractivity contribution is -0.110. The van der Waals surface area contributed by atoms with Crippen LogP contribution in [-0.4, -0.2) is 15.9 Å². The fourth-order valence-corrected chi connectivity index (χ4v) is 3.86. The first-order valence-electron chi connectivity index (χ1n) is 10.2. The number of carbonyl (C=O) groups is 1. The second-order valence-electron chi connectivity index (χ2n) is 8.31. The van der Waals surface area contributed by atoms with Crippen LogP contribution in [0, 0.1) is 0 Å². The van der Waals surface area contributed by atoms with Crippen molar-refractivity contribution in [3.63, 3.8) is 0 Å². The Morgan fingerprint density at radius 1 is 1.03 bits per heavy atom. The minimum Gasteiger partial charge on any atom is -0.354 e. The van der Waals surface area contributed by atoms with Crippen molar-refractivity contribution in [3.8, 4) is 0 Å². The Morgan fingerprint density at radius 2 is 1.81 bits per heavy atom. The largest absolute Gasteiger partial charge is 0.354 e. The minimum absolute atomic E-state index is 0.134. The molecule has 0 radical (unpaired) electrons. The first kappa shape index (κ1) is 19.1. The van der Waals surface area contributed by atoms with Crippen LogP contribution in [0.1, 0.15) is 30.5 Å². The molecule has 5 rings (SSSR count). The van der Waals surface area contributed by atoms with Gasteiger partial charge in [-0.3, -0.25) is 4.79 Å². The molecule has 1 aliphatic rings. The third-order valence-corrected chi connectivity index (χ3v) is 5.53. The van der Waals surface area contributed by atoms with Gasteiger partial charge in [0.05, 0.1) is 28.6 Å². The highest BCUT2D eigenvalue weighted by Gasteiger charge is 2.28. The van der Waals surface area contributed by atoms with Gasteiger partial charge in [-0.1, -0.05) is 36.4 Å². The van der Waals surface area contributed by atoms with E-state index < -0.39 is 5.54 Å². The highest BCUT2D eigenvalue weighted by Crippen LogP contribution is 2.37. The zero-order valence-electron chi connectivity index (χ0n) is 17.4. The van der Waals surface area contributed by atoms with Crippen LogP contribution in [0.15, 0.2) is 73.1 Å². The standard InChI is InChI=1S/C25H23N5O/c1-25(2,26)16-8-10-17(11-9-16)29-23(15-7-12-20-21(13-15)28-14-27-20)22-18-5-3-4-6-19(18)30-24(22)31/h3-14,29H,26H2,1-2H3,(H,27,28)(H,30,31)/b23-22-. The molecule has 3 aromatic carbocycles.